The fourth-order valence-electron chi connectivity index (χ4n) is 9.19. The first-order valence-electron chi connectivity index (χ1n) is 17.1. The first-order chi connectivity index (χ1) is 23.0. The van der Waals surface area contributed by atoms with Gasteiger partial charge in [-0.25, -0.2) is 0 Å². The molecule has 1 saturated heterocycles. The number of ether oxygens (including phenoxy) is 2. The molecule has 9 rings (SSSR count). The Kier molecular flexibility index (Phi) is 6.57. The van der Waals surface area contributed by atoms with E-state index in [4.69, 9.17) is 15.2 Å². The van der Waals surface area contributed by atoms with Gasteiger partial charge >= 0.3 is 0 Å². The first-order valence-corrected chi connectivity index (χ1v) is 17.1. The molecule has 47 heavy (non-hydrogen) atoms. The summed E-state index contributed by atoms with van der Waals surface area (Å²) in [5.41, 5.74) is 14.4. The summed E-state index contributed by atoms with van der Waals surface area (Å²) in [7, 11) is 0. The number of para-hydroxylation sites is 1. The van der Waals surface area contributed by atoms with Gasteiger partial charge in [-0.1, -0.05) is 72.9 Å². The first kappa shape index (κ1) is 28.7. The van der Waals surface area contributed by atoms with E-state index in [0.717, 1.165) is 48.6 Å². The third-order valence-corrected chi connectivity index (χ3v) is 11.5. The van der Waals surface area contributed by atoms with Crippen LogP contribution in [0.1, 0.15) is 56.0 Å². The van der Waals surface area contributed by atoms with Gasteiger partial charge < -0.3 is 25.4 Å². The zero-order chi connectivity index (χ0) is 31.8. The number of nitrogens with one attached hydrogen (secondary N) is 2. The lowest BCUT2D eigenvalue weighted by Gasteiger charge is -2.53. The summed E-state index contributed by atoms with van der Waals surface area (Å²) in [6, 6.07) is 15.6. The highest BCUT2D eigenvalue weighted by atomic mass is 16.5. The molecule has 4 N–H and O–H groups in total. The molecule has 6 nitrogen and oxygen atoms in total. The topological polar surface area (TPSA) is 71.8 Å². The molecule has 0 amide bonds. The number of allylic oxidation sites excluding steroid dienone is 6. The molecule has 1 fully saturated rings. The summed E-state index contributed by atoms with van der Waals surface area (Å²) in [5.74, 6) is 2.84. The molecule has 6 heteroatoms. The van der Waals surface area contributed by atoms with Crippen LogP contribution in [0.25, 0.3) is 0 Å². The summed E-state index contributed by atoms with van der Waals surface area (Å²) in [5, 5.41) is 7.02. The fraction of sp³-hybridized carbons (Fsp3) is 0.317. The molecule has 4 heterocycles. The van der Waals surface area contributed by atoms with E-state index in [0.29, 0.717) is 6.54 Å². The molecule has 6 atom stereocenters. The van der Waals surface area contributed by atoms with E-state index in [2.05, 4.69) is 133 Å². The highest BCUT2D eigenvalue weighted by Gasteiger charge is 2.58. The second-order valence-electron chi connectivity index (χ2n) is 13.8. The van der Waals surface area contributed by atoms with Crippen molar-refractivity contribution in [3.05, 3.63) is 154 Å². The molecule has 0 aromatic heterocycles. The van der Waals surface area contributed by atoms with Gasteiger partial charge in [0, 0.05) is 46.0 Å². The zero-order valence-corrected chi connectivity index (χ0v) is 27.1. The van der Waals surface area contributed by atoms with Crippen molar-refractivity contribution in [3.8, 4) is 11.5 Å². The monoisotopic (exact) mass is 622 g/mol. The molecule has 1 spiro atoms. The van der Waals surface area contributed by atoms with Crippen LogP contribution in [0.5, 0.6) is 11.5 Å². The second-order valence-corrected chi connectivity index (χ2v) is 13.8. The number of benzene rings is 2. The quantitative estimate of drug-likeness (QED) is 0.333. The molecule has 7 aliphatic rings. The predicted molar refractivity (Wildman–Crippen MR) is 186 cm³/mol. The standard InChI is InChI=1S/C41H42N4O2/c1-26-33(19-21-42)45(38-14-7-8-20-40(26,38)2)28-16-18-32-37(25-28)47-35-13-6-4-11-30(35)41(32)29-10-3-5-12-34(29)46-36-24-27(15-17-31(36)41)39-43-22-9-23-44-39/h3,5,7-18,20,22,24-25,32,37-39,43-44H,4,6,19,21,23,42H2,1-2H3. The van der Waals surface area contributed by atoms with Crippen LogP contribution in [-0.2, 0) is 10.2 Å². The van der Waals surface area contributed by atoms with Crippen LogP contribution in [-0.4, -0.2) is 30.1 Å². The van der Waals surface area contributed by atoms with Crippen molar-refractivity contribution in [2.45, 2.75) is 56.8 Å². The average Bonchev–Trinajstić information content (AvgIpc) is 3.33. The molecule has 3 aliphatic carbocycles. The van der Waals surface area contributed by atoms with Gasteiger partial charge in [0.15, 0.2) is 0 Å². The molecule has 0 saturated carbocycles. The number of nitrogens with zero attached hydrogens (tertiary/aromatic N) is 1. The van der Waals surface area contributed by atoms with Gasteiger partial charge in [0.1, 0.15) is 29.5 Å². The molecule has 4 aliphatic heterocycles. The van der Waals surface area contributed by atoms with Gasteiger partial charge in [-0.05, 0) is 87.4 Å². The van der Waals surface area contributed by atoms with E-state index < -0.39 is 5.41 Å². The van der Waals surface area contributed by atoms with E-state index in [1.54, 1.807) is 0 Å². The predicted octanol–water partition coefficient (Wildman–Crippen LogP) is 7.30. The maximum Gasteiger partial charge on any atom is 0.132 e. The van der Waals surface area contributed by atoms with Crippen LogP contribution >= 0.6 is 0 Å². The summed E-state index contributed by atoms with van der Waals surface area (Å²) in [6.07, 6.45) is 27.7. The average molecular weight is 623 g/mol. The van der Waals surface area contributed by atoms with Crippen molar-refractivity contribution in [1.29, 1.82) is 0 Å². The minimum Gasteiger partial charge on any atom is -0.486 e. The third kappa shape index (κ3) is 4.04. The Labute approximate surface area is 277 Å². The molecule has 2 aromatic carbocycles. The van der Waals surface area contributed by atoms with E-state index in [9.17, 15) is 0 Å². The van der Waals surface area contributed by atoms with Crippen molar-refractivity contribution < 1.29 is 9.47 Å². The van der Waals surface area contributed by atoms with E-state index >= 15 is 0 Å². The van der Waals surface area contributed by atoms with E-state index in [1.165, 1.54) is 33.7 Å². The Morgan fingerprint density at radius 2 is 1.89 bits per heavy atom. The number of fused-ring (bicyclic) bond motifs is 9. The van der Waals surface area contributed by atoms with Gasteiger partial charge in [0.25, 0.3) is 0 Å². The van der Waals surface area contributed by atoms with Gasteiger partial charge in [-0.2, -0.15) is 0 Å². The molecule has 6 unspecified atom stereocenters. The lowest BCUT2D eigenvalue weighted by atomic mass is 9.55. The number of rotatable bonds is 4. The van der Waals surface area contributed by atoms with Gasteiger partial charge in [0.05, 0.1) is 11.5 Å². The van der Waals surface area contributed by atoms with Gasteiger partial charge in [-0.3, -0.25) is 5.32 Å². The Bertz CT molecular complexity index is 1910. The largest absolute Gasteiger partial charge is 0.486 e. The van der Waals surface area contributed by atoms with Crippen LogP contribution in [0.3, 0.4) is 0 Å². The number of nitrogens with two attached hydrogens (primary N) is 1. The SMILES string of the molecule is CC1=C(CCN)N(C2=CC3OC4=CCCC=C4C4(c5ccccc5Oc5cc(C6NC=CCN6)ccc54)C3C=C2)C2C=CC=CC12C. The summed E-state index contributed by atoms with van der Waals surface area (Å²) in [6.45, 7) is 6.08. The Hall–Kier alpha value is -4.52. The Morgan fingerprint density at radius 3 is 2.77 bits per heavy atom. The van der Waals surface area contributed by atoms with Crippen LogP contribution in [0, 0.1) is 11.3 Å². The maximum atomic E-state index is 7.04. The lowest BCUT2D eigenvalue weighted by Crippen LogP contribution is -2.51. The zero-order valence-electron chi connectivity index (χ0n) is 27.1. The highest BCUT2D eigenvalue weighted by Crippen LogP contribution is 2.62. The number of hydrogen-bond donors (Lipinski definition) is 3. The van der Waals surface area contributed by atoms with Crippen molar-refractivity contribution in [1.82, 2.24) is 15.5 Å². The van der Waals surface area contributed by atoms with E-state index in [1.807, 2.05) is 6.20 Å². The molecule has 0 bridgehead atoms. The summed E-state index contributed by atoms with van der Waals surface area (Å²) < 4.78 is 13.8. The molecule has 238 valence electrons. The fourth-order valence-corrected chi connectivity index (χ4v) is 9.19. The van der Waals surface area contributed by atoms with E-state index in [-0.39, 0.29) is 29.6 Å². The normalized spacial score (nSPS) is 32.6. The molecule has 0 radical (unpaired) electrons. The van der Waals surface area contributed by atoms with Crippen LogP contribution in [0.15, 0.2) is 138 Å². The van der Waals surface area contributed by atoms with Crippen molar-refractivity contribution >= 4 is 0 Å². The van der Waals surface area contributed by atoms with Crippen LogP contribution in [0.2, 0.25) is 0 Å². The van der Waals surface area contributed by atoms with Crippen molar-refractivity contribution in [3.63, 3.8) is 0 Å². The smallest absolute Gasteiger partial charge is 0.132 e. The number of hydrogen-bond acceptors (Lipinski definition) is 6. The van der Waals surface area contributed by atoms with Crippen molar-refractivity contribution in [2.75, 3.05) is 13.1 Å². The lowest BCUT2D eigenvalue weighted by molar-refractivity contribution is 0.0616. The van der Waals surface area contributed by atoms with Gasteiger partial charge in [-0.15, -0.1) is 0 Å². The Balaban J connectivity index is 1.21. The second kappa shape index (κ2) is 10.8. The van der Waals surface area contributed by atoms with Crippen LogP contribution < -0.4 is 21.1 Å². The summed E-state index contributed by atoms with van der Waals surface area (Å²) >= 11 is 0. The molecular weight excluding hydrogens is 580 g/mol. The maximum absolute atomic E-state index is 7.04. The highest BCUT2D eigenvalue weighted by molar-refractivity contribution is 5.69. The minimum absolute atomic E-state index is 0.0232. The van der Waals surface area contributed by atoms with Crippen molar-refractivity contribution in [2.24, 2.45) is 17.1 Å². The van der Waals surface area contributed by atoms with Gasteiger partial charge in [0.2, 0.25) is 0 Å². The molecular formula is C41H42N4O2. The Morgan fingerprint density at radius 1 is 1.02 bits per heavy atom. The summed E-state index contributed by atoms with van der Waals surface area (Å²) in [4.78, 5) is 2.53. The van der Waals surface area contributed by atoms with Crippen LogP contribution in [0.4, 0.5) is 0 Å². The third-order valence-electron chi connectivity index (χ3n) is 11.5. The molecule has 2 aromatic rings. The minimum atomic E-state index is -0.470.